The predicted octanol–water partition coefficient (Wildman–Crippen LogP) is 0.616. The van der Waals surface area contributed by atoms with Crippen molar-refractivity contribution in [3.8, 4) is 0 Å². The summed E-state index contributed by atoms with van der Waals surface area (Å²) in [5, 5.41) is 0. The molecule has 0 saturated heterocycles. The topological polar surface area (TPSA) is 25.8 Å². The number of rotatable bonds is 0. The lowest BCUT2D eigenvalue weighted by Crippen LogP contribution is -1.78. The zero-order valence-electron chi connectivity index (χ0n) is 3.50. The summed E-state index contributed by atoms with van der Waals surface area (Å²) in [6, 6.07) is 0. The standard InChI is InChI=1S/C4H3FN2/c5-4-3-6-1-2-7-4/h1-3H/i5-1. The Kier molecular flexibility index (Phi) is 0.978. The third-order valence-corrected chi connectivity index (χ3v) is 0.532. The van der Waals surface area contributed by atoms with E-state index < -0.39 is 5.95 Å². The Morgan fingerprint density at radius 1 is 1.43 bits per heavy atom. The maximum atomic E-state index is 11.7. The van der Waals surface area contributed by atoms with Crippen LogP contribution in [-0.2, 0) is 0 Å². The van der Waals surface area contributed by atoms with E-state index in [2.05, 4.69) is 9.97 Å². The highest BCUT2D eigenvalue weighted by Gasteiger charge is 1.80. The average Bonchev–Trinajstić information content (AvgIpc) is 1.69. The molecule has 1 heterocycles. The highest BCUT2D eigenvalue weighted by Crippen LogP contribution is 1.81. The van der Waals surface area contributed by atoms with Crippen LogP contribution in [0, 0.1) is 5.95 Å². The lowest BCUT2D eigenvalue weighted by Gasteiger charge is -1.77. The van der Waals surface area contributed by atoms with Gasteiger partial charge in [-0.15, -0.1) is 0 Å². The summed E-state index contributed by atoms with van der Waals surface area (Å²) in [4.78, 5) is 6.70. The van der Waals surface area contributed by atoms with E-state index in [-0.39, 0.29) is 0 Å². The van der Waals surface area contributed by atoms with E-state index in [0.717, 1.165) is 6.20 Å². The minimum Gasteiger partial charge on any atom is -0.258 e. The van der Waals surface area contributed by atoms with Gasteiger partial charge in [0, 0.05) is 12.4 Å². The Labute approximate surface area is 40.0 Å². The van der Waals surface area contributed by atoms with E-state index in [9.17, 15) is 4.39 Å². The highest BCUT2D eigenvalue weighted by molar-refractivity contribution is 4.75. The summed E-state index contributed by atoms with van der Waals surface area (Å²) in [6.07, 6.45) is 3.78. The van der Waals surface area contributed by atoms with E-state index in [1.54, 1.807) is 0 Å². The minimum atomic E-state index is -0.539. The third-order valence-electron chi connectivity index (χ3n) is 0.532. The molecule has 0 N–H and O–H groups in total. The Balaban J connectivity index is 3.02. The van der Waals surface area contributed by atoms with E-state index in [4.69, 9.17) is 0 Å². The molecule has 0 radical (unpaired) electrons. The van der Waals surface area contributed by atoms with Crippen LogP contribution in [-0.4, -0.2) is 9.97 Å². The van der Waals surface area contributed by atoms with Crippen molar-refractivity contribution in [3.05, 3.63) is 24.5 Å². The van der Waals surface area contributed by atoms with E-state index in [1.807, 2.05) is 0 Å². The SMILES string of the molecule is [18F]c1cnccn1. The van der Waals surface area contributed by atoms with Gasteiger partial charge in [-0.1, -0.05) is 0 Å². The molecule has 0 aliphatic heterocycles. The maximum Gasteiger partial charge on any atom is 0.231 e. The third kappa shape index (κ3) is 0.924. The summed E-state index contributed by atoms with van der Waals surface area (Å²) in [7, 11) is 0. The van der Waals surface area contributed by atoms with Crippen molar-refractivity contribution in [2.75, 3.05) is 0 Å². The van der Waals surface area contributed by atoms with Gasteiger partial charge >= 0.3 is 0 Å². The fourth-order valence-corrected chi connectivity index (χ4v) is 0.281. The van der Waals surface area contributed by atoms with E-state index in [0.29, 0.717) is 0 Å². The van der Waals surface area contributed by atoms with Crippen LogP contribution in [0.4, 0.5) is 4.39 Å². The number of halogens is 1. The number of nitrogens with zero attached hydrogens (tertiary/aromatic N) is 2. The number of hydrogen-bond donors (Lipinski definition) is 0. The van der Waals surface area contributed by atoms with Crippen LogP contribution >= 0.6 is 0 Å². The van der Waals surface area contributed by atoms with Crippen LogP contribution < -0.4 is 0 Å². The monoisotopic (exact) mass is 97.0 g/mol. The summed E-state index contributed by atoms with van der Waals surface area (Å²) < 4.78 is 11.7. The summed E-state index contributed by atoms with van der Waals surface area (Å²) >= 11 is 0. The molecule has 0 aliphatic rings. The zero-order chi connectivity index (χ0) is 5.11. The van der Waals surface area contributed by atoms with Crippen LogP contribution in [0.25, 0.3) is 0 Å². The van der Waals surface area contributed by atoms with Gasteiger partial charge in [-0.3, -0.25) is 4.98 Å². The molecule has 1 aromatic heterocycles. The van der Waals surface area contributed by atoms with Gasteiger partial charge in [0.15, 0.2) is 0 Å². The molecule has 0 unspecified atom stereocenters. The second-order valence-electron chi connectivity index (χ2n) is 1.03. The predicted molar refractivity (Wildman–Crippen MR) is 22.0 cm³/mol. The molecule has 36 valence electrons. The minimum absolute atomic E-state index is 0.539. The Morgan fingerprint density at radius 3 is 2.57 bits per heavy atom. The molecule has 0 amide bonds. The fourth-order valence-electron chi connectivity index (χ4n) is 0.281. The van der Waals surface area contributed by atoms with Gasteiger partial charge in [0.25, 0.3) is 0 Å². The Hall–Kier alpha value is -0.990. The van der Waals surface area contributed by atoms with E-state index in [1.165, 1.54) is 12.4 Å². The lowest BCUT2D eigenvalue weighted by atomic mass is 10.7. The highest BCUT2D eigenvalue weighted by atomic mass is 18.2. The second kappa shape index (κ2) is 1.64. The smallest absolute Gasteiger partial charge is 0.231 e. The zero-order valence-corrected chi connectivity index (χ0v) is 3.50. The van der Waals surface area contributed by atoms with Crippen LogP contribution in [0.3, 0.4) is 0 Å². The molecule has 2 nitrogen and oxygen atoms in total. The molecule has 0 bridgehead atoms. The van der Waals surface area contributed by atoms with Crippen LogP contribution in [0.2, 0.25) is 0 Å². The molecule has 0 aromatic carbocycles. The Morgan fingerprint density at radius 2 is 2.29 bits per heavy atom. The number of hydrogen-bond acceptors (Lipinski definition) is 2. The van der Waals surface area contributed by atoms with Gasteiger partial charge < -0.3 is 0 Å². The molecule has 1 rings (SSSR count). The molecule has 0 saturated carbocycles. The Bertz CT molecular complexity index is 140. The number of aromatic nitrogens is 2. The van der Waals surface area contributed by atoms with Crippen molar-refractivity contribution < 1.29 is 4.39 Å². The quantitative estimate of drug-likeness (QED) is 0.474. The van der Waals surface area contributed by atoms with Gasteiger partial charge in [0.05, 0.1) is 6.20 Å². The average molecular weight is 97.1 g/mol. The van der Waals surface area contributed by atoms with Crippen molar-refractivity contribution in [1.29, 1.82) is 0 Å². The van der Waals surface area contributed by atoms with Crippen LogP contribution in [0.1, 0.15) is 0 Å². The fraction of sp³-hybridized carbons (Fsp3) is 0. The first kappa shape index (κ1) is 4.18. The van der Waals surface area contributed by atoms with Crippen molar-refractivity contribution in [1.82, 2.24) is 9.97 Å². The normalized spacial score (nSPS) is 8.71. The molecule has 7 heavy (non-hydrogen) atoms. The molecule has 1 aromatic rings. The van der Waals surface area contributed by atoms with Crippen molar-refractivity contribution in [3.63, 3.8) is 0 Å². The molecule has 0 atom stereocenters. The van der Waals surface area contributed by atoms with Crippen molar-refractivity contribution in [2.45, 2.75) is 0 Å². The lowest BCUT2D eigenvalue weighted by molar-refractivity contribution is 0.576. The van der Waals surface area contributed by atoms with Crippen LogP contribution in [0.15, 0.2) is 18.6 Å². The molecule has 0 fully saturated rings. The molecule has 0 spiro atoms. The van der Waals surface area contributed by atoms with E-state index >= 15 is 0 Å². The molecule has 3 heteroatoms. The summed E-state index contributed by atoms with van der Waals surface area (Å²) in [5.41, 5.74) is 0. The van der Waals surface area contributed by atoms with Gasteiger partial charge in [-0.25, -0.2) is 4.98 Å². The largest absolute Gasteiger partial charge is 0.258 e. The van der Waals surface area contributed by atoms with Gasteiger partial charge in [-0.05, 0) is 0 Å². The van der Waals surface area contributed by atoms with Gasteiger partial charge in [0.2, 0.25) is 5.95 Å². The molecular weight excluding hydrogens is 94.1 g/mol. The molecular formula is C4H3FN2. The maximum absolute atomic E-state index is 11.7. The van der Waals surface area contributed by atoms with Gasteiger partial charge in [-0.2, -0.15) is 4.39 Å². The second-order valence-corrected chi connectivity index (χ2v) is 1.03. The van der Waals surface area contributed by atoms with Crippen molar-refractivity contribution in [2.24, 2.45) is 0 Å². The summed E-state index contributed by atoms with van der Waals surface area (Å²) in [5.74, 6) is -0.539. The summed E-state index contributed by atoms with van der Waals surface area (Å²) in [6.45, 7) is 0. The first-order chi connectivity index (χ1) is 3.39. The van der Waals surface area contributed by atoms with Gasteiger partial charge in [0.1, 0.15) is 0 Å². The first-order valence-corrected chi connectivity index (χ1v) is 1.81. The van der Waals surface area contributed by atoms with Crippen LogP contribution in [0.5, 0.6) is 0 Å². The van der Waals surface area contributed by atoms with Crippen molar-refractivity contribution >= 4 is 0 Å². The molecule has 0 aliphatic carbocycles. The first-order valence-electron chi connectivity index (χ1n) is 1.81.